The van der Waals surface area contributed by atoms with Crippen LogP contribution < -0.4 is 10.6 Å². The summed E-state index contributed by atoms with van der Waals surface area (Å²) in [6.07, 6.45) is 0.862. The lowest BCUT2D eigenvalue weighted by atomic mass is 10.0. The van der Waals surface area contributed by atoms with E-state index in [0.29, 0.717) is 10.2 Å². The van der Waals surface area contributed by atoms with Crippen molar-refractivity contribution < 1.29 is 9.18 Å². The van der Waals surface area contributed by atoms with Crippen molar-refractivity contribution in [3.63, 3.8) is 0 Å². The maximum Gasteiger partial charge on any atom is 0.239 e. The highest BCUT2D eigenvalue weighted by Gasteiger charge is 2.17. The van der Waals surface area contributed by atoms with Crippen LogP contribution in [0, 0.1) is 5.82 Å². The van der Waals surface area contributed by atoms with E-state index in [0.717, 1.165) is 6.42 Å². The molecule has 0 spiro atoms. The number of carbonyl (C=O) groups excluding carboxylic acids is 1. The predicted molar refractivity (Wildman–Crippen MR) is 75.1 cm³/mol. The Kier molecular flexibility index (Phi) is 5.14. The van der Waals surface area contributed by atoms with Gasteiger partial charge in [0.2, 0.25) is 5.91 Å². The summed E-state index contributed by atoms with van der Waals surface area (Å²) in [5.74, 6) is -0.403. The van der Waals surface area contributed by atoms with Crippen molar-refractivity contribution in [2.45, 2.75) is 32.7 Å². The Morgan fingerprint density at radius 3 is 2.67 bits per heavy atom. The van der Waals surface area contributed by atoms with Gasteiger partial charge in [-0.25, -0.2) is 4.39 Å². The van der Waals surface area contributed by atoms with Crippen molar-refractivity contribution in [3.05, 3.63) is 28.5 Å². The van der Waals surface area contributed by atoms with Crippen molar-refractivity contribution >= 4 is 27.5 Å². The number of benzene rings is 1. The number of amides is 1. The van der Waals surface area contributed by atoms with Gasteiger partial charge >= 0.3 is 0 Å². The summed E-state index contributed by atoms with van der Waals surface area (Å²) in [7, 11) is 0. The van der Waals surface area contributed by atoms with Crippen LogP contribution >= 0.6 is 15.9 Å². The van der Waals surface area contributed by atoms with Gasteiger partial charge in [0, 0.05) is 11.2 Å². The minimum absolute atomic E-state index is 0.0812. The monoisotopic (exact) mass is 316 g/mol. The zero-order chi connectivity index (χ0) is 13.8. The van der Waals surface area contributed by atoms with Crippen LogP contribution in [0.25, 0.3) is 0 Å². The van der Waals surface area contributed by atoms with Gasteiger partial charge in [-0.3, -0.25) is 4.79 Å². The third-order valence-corrected chi connectivity index (χ3v) is 3.34. The molecule has 0 saturated heterocycles. The highest BCUT2D eigenvalue weighted by atomic mass is 79.9. The summed E-state index contributed by atoms with van der Waals surface area (Å²) >= 11 is 3.10. The van der Waals surface area contributed by atoms with Crippen molar-refractivity contribution in [2.24, 2.45) is 0 Å². The van der Waals surface area contributed by atoms with Gasteiger partial charge in [0.05, 0.1) is 11.0 Å². The average Bonchev–Trinajstić information content (AvgIpc) is 2.30. The van der Waals surface area contributed by atoms with E-state index in [1.807, 2.05) is 20.8 Å². The molecule has 0 atom stereocenters. The molecule has 18 heavy (non-hydrogen) atoms. The predicted octanol–water partition coefficient (Wildman–Crippen LogP) is 3.30. The maximum absolute atomic E-state index is 13.0. The minimum Gasteiger partial charge on any atom is -0.376 e. The van der Waals surface area contributed by atoms with Crippen LogP contribution in [0.5, 0.6) is 0 Å². The van der Waals surface area contributed by atoms with Crippen LogP contribution in [0.2, 0.25) is 0 Å². The number of halogens is 2. The lowest BCUT2D eigenvalue weighted by Crippen LogP contribution is -2.45. The van der Waals surface area contributed by atoms with Crippen LogP contribution in [-0.4, -0.2) is 18.0 Å². The van der Waals surface area contributed by atoms with Gasteiger partial charge in [-0.15, -0.1) is 0 Å². The summed E-state index contributed by atoms with van der Waals surface area (Å²) in [6, 6.07) is 4.55. The SMILES string of the molecule is CCC(C)(C)NC(=O)CNc1ccc(F)c(Br)c1. The Morgan fingerprint density at radius 1 is 1.44 bits per heavy atom. The van der Waals surface area contributed by atoms with Gasteiger partial charge in [-0.1, -0.05) is 6.92 Å². The molecule has 0 saturated carbocycles. The van der Waals surface area contributed by atoms with Crippen molar-refractivity contribution in [3.8, 4) is 0 Å². The van der Waals surface area contributed by atoms with Crippen LogP contribution in [0.4, 0.5) is 10.1 Å². The Morgan fingerprint density at radius 2 is 2.11 bits per heavy atom. The summed E-state index contributed by atoms with van der Waals surface area (Å²) < 4.78 is 13.4. The van der Waals surface area contributed by atoms with Gasteiger partial charge in [0.1, 0.15) is 5.82 Å². The Bertz CT molecular complexity index is 435. The summed E-state index contributed by atoms with van der Waals surface area (Å²) in [5.41, 5.74) is 0.495. The molecule has 100 valence electrons. The first-order chi connectivity index (χ1) is 8.34. The fourth-order valence-electron chi connectivity index (χ4n) is 1.30. The normalized spacial score (nSPS) is 11.2. The molecular weight excluding hydrogens is 299 g/mol. The lowest BCUT2D eigenvalue weighted by molar-refractivity contribution is -0.121. The first-order valence-electron chi connectivity index (χ1n) is 5.84. The molecule has 1 amide bonds. The maximum atomic E-state index is 13.0. The molecule has 1 aromatic carbocycles. The fourth-order valence-corrected chi connectivity index (χ4v) is 1.68. The minimum atomic E-state index is -0.322. The van der Waals surface area contributed by atoms with Crippen LogP contribution in [0.3, 0.4) is 0 Å². The fraction of sp³-hybridized carbons (Fsp3) is 0.462. The molecule has 0 fully saturated rings. The second-order valence-electron chi connectivity index (χ2n) is 4.77. The highest BCUT2D eigenvalue weighted by molar-refractivity contribution is 9.10. The van der Waals surface area contributed by atoms with Gasteiger partial charge < -0.3 is 10.6 Å². The van der Waals surface area contributed by atoms with Crippen LogP contribution in [0.15, 0.2) is 22.7 Å². The van der Waals surface area contributed by atoms with Gasteiger partial charge in [0.25, 0.3) is 0 Å². The largest absolute Gasteiger partial charge is 0.376 e. The van der Waals surface area contributed by atoms with E-state index >= 15 is 0 Å². The number of anilines is 1. The van der Waals surface area contributed by atoms with E-state index in [-0.39, 0.29) is 23.8 Å². The van der Waals surface area contributed by atoms with E-state index in [2.05, 4.69) is 26.6 Å². The average molecular weight is 317 g/mol. The smallest absolute Gasteiger partial charge is 0.239 e. The number of hydrogen-bond acceptors (Lipinski definition) is 2. The molecule has 0 aliphatic carbocycles. The van der Waals surface area contributed by atoms with Crippen molar-refractivity contribution in [1.29, 1.82) is 0 Å². The molecule has 2 N–H and O–H groups in total. The quantitative estimate of drug-likeness (QED) is 0.875. The second kappa shape index (κ2) is 6.18. The molecule has 3 nitrogen and oxygen atoms in total. The van der Waals surface area contributed by atoms with Crippen molar-refractivity contribution in [2.75, 3.05) is 11.9 Å². The Hall–Kier alpha value is -1.10. The molecule has 0 heterocycles. The van der Waals surface area contributed by atoms with E-state index in [1.165, 1.54) is 6.07 Å². The molecule has 0 bridgehead atoms. The topological polar surface area (TPSA) is 41.1 Å². The first-order valence-corrected chi connectivity index (χ1v) is 6.63. The summed E-state index contributed by atoms with van der Waals surface area (Å²) in [5, 5.41) is 5.87. The van der Waals surface area contributed by atoms with Gasteiger partial charge in [-0.05, 0) is 54.4 Å². The Labute approximate surface area is 115 Å². The van der Waals surface area contributed by atoms with E-state index in [9.17, 15) is 9.18 Å². The summed E-state index contributed by atoms with van der Waals surface area (Å²) in [6.45, 7) is 6.13. The summed E-state index contributed by atoms with van der Waals surface area (Å²) in [4.78, 5) is 11.7. The first kappa shape index (κ1) is 15.0. The van der Waals surface area contributed by atoms with E-state index < -0.39 is 0 Å². The molecule has 1 aromatic rings. The third-order valence-electron chi connectivity index (χ3n) is 2.73. The Balaban J connectivity index is 2.50. The lowest BCUT2D eigenvalue weighted by Gasteiger charge is -2.24. The molecule has 0 aromatic heterocycles. The molecule has 0 radical (unpaired) electrons. The van der Waals surface area contributed by atoms with Gasteiger partial charge in [-0.2, -0.15) is 0 Å². The molecule has 0 aliphatic heterocycles. The second-order valence-corrected chi connectivity index (χ2v) is 5.62. The number of rotatable bonds is 5. The van der Waals surface area contributed by atoms with Crippen LogP contribution in [-0.2, 0) is 4.79 Å². The highest BCUT2D eigenvalue weighted by Crippen LogP contribution is 2.19. The molecule has 0 aliphatic rings. The standard InChI is InChI=1S/C13H18BrFN2O/c1-4-13(2,3)17-12(18)8-16-9-5-6-11(15)10(14)7-9/h5-7,16H,4,8H2,1-3H3,(H,17,18). The van der Waals surface area contributed by atoms with Crippen molar-refractivity contribution in [1.82, 2.24) is 5.32 Å². The van der Waals surface area contributed by atoms with E-state index in [1.54, 1.807) is 12.1 Å². The third kappa shape index (κ3) is 4.64. The molecule has 1 rings (SSSR count). The number of hydrogen-bond donors (Lipinski definition) is 2. The van der Waals surface area contributed by atoms with Gasteiger partial charge in [0.15, 0.2) is 0 Å². The van der Waals surface area contributed by atoms with E-state index in [4.69, 9.17) is 0 Å². The molecular formula is C13H18BrFN2O. The van der Waals surface area contributed by atoms with Crippen LogP contribution in [0.1, 0.15) is 27.2 Å². The zero-order valence-corrected chi connectivity index (χ0v) is 12.4. The number of carbonyl (C=O) groups is 1. The molecule has 0 unspecified atom stereocenters. The molecule has 5 heteroatoms. The zero-order valence-electron chi connectivity index (χ0n) is 10.8. The number of nitrogens with one attached hydrogen (secondary N) is 2.